The molecule has 1 aromatic rings. The van der Waals surface area contributed by atoms with Crippen LogP contribution in [0.25, 0.3) is 0 Å². The molecular formula is C12H13BrO3. The van der Waals surface area contributed by atoms with E-state index in [0.717, 1.165) is 10.0 Å². The summed E-state index contributed by atoms with van der Waals surface area (Å²) in [6, 6.07) is 7.41. The van der Waals surface area contributed by atoms with E-state index in [2.05, 4.69) is 15.9 Å². The number of carboxylic acid groups (broad SMARTS) is 1. The van der Waals surface area contributed by atoms with Crippen molar-refractivity contribution in [2.45, 2.75) is 24.9 Å². The Hall–Kier alpha value is -0.870. The molecule has 0 saturated heterocycles. The number of rotatable bonds is 2. The van der Waals surface area contributed by atoms with Crippen LogP contribution in [-0.2, 0) is 10.4 Å². The normalized spacial score (nSPS) is 29.2. The summed E-state index contributed by atoms with van der Waals surface area (Å²) >= 11 is 3.33. The minimum Gasteiger partial charge on any atom is -0.481 e. The van der Waals surface area contributed by atoms with Crippen molar-refractivity contribution in [1.29, 1.82) is 0 Å². The van der Waals surface area contributed by atoms with Crippen LogP contribution in [0.15, 0.2) is 28.7 Å². The fourth-order valence-corrected chi connectivity index (χ4v) is 2.52. The predicted octanol–water partition coefficient (Wildman–Crippen LogP) is 2.52. The SMILES string of the molecule is O=C(O)C1CCC(O)(c2ccc(Br)cc2)C1. The van der Waals surface area contributed by atoms with Crippen molar-refractivity contribution in [3.8, 4) is 0 Å². The first kappa shape index (κ1) is 11.6. The highest BCUT2D eigenvalue weighted by Crippen LogP contribution is 2.42. The van der Waals surface area contributed by atoms with Gasteiger partial charge >= 0.3 is 5.97 Å². The van der Waals surface area contributed by atoms with Gasteiger partial charge in [0.25, 0.3) is 0 Å². The van der Waals surface area contributed by atoms with Crippen LogP contribution in [0.1, 0.15) is 24.8 Å². The number of benzene rings is 1. The summed E-state index contributed by atoms with van der Waals surface area (Å²) in [5.74, 6) is -1.23. The quantitative estimate of drug-likeness (QED) is 0.877. The molecular weight excluding hydrogens is 272 g/mol. The summed E-state index contributed by atoms with van der Waals surface area (Å²) in [5, 5.41) is 19.3. The number of aliphatic carboxylic acids is 1. The van der Waals surface area contributed by atoms with Crippen LogP contribution in [0.5, 0.6) is 0 Å². The molecule has 2 unspecified atom stereocenters. The Kier molecular flexibility index (Phi) is 3.04. The first-order chi connectivity index (χ1) is 7.51. The molecule has 2 rings (SSSR count). The molecule has 0 radical (unpaired) electrons. The van der Waals surface area contributed by atoms with Crippen molar-refractivity contribution in [2.24, 2.45) is 5.92 Å². The maximum Gasteiger partial charge on any atom is 0.306 e. The second kappa shape index (κ2) is 4.18. The van der Waals surface area contributed by atoms with Crippen LogP contribution in [0.2, 0.25) is 0 Å². The van der Waals surface area contributed by atoms with Crippen molar-refractivity contribution < 1.29 is 15.0 Å². The molecule has 1 fully saturated rings. The molecule has 3 nitrogen and oxygen atoms in total. The molecule has 1 aliphatic carbocycles. The molecule has 1 aromatic carbocycles. The second-order valence-electron chi connectivity index (χ2n) is 4.32. The van der Waals surface area contributed by atoms with Gasteiger partial charge in [-0.3, -0.25) is 4.79 Å². The summed E-state index contributed by atoms with van der Waals surface area (Å²) in [4.78, 5) is 10.9. The Balaban J connectivity index is 2.21. The van der Waals surface area contributed by atoms with Gasteiger partial charge in [-0.2, -0.15) is 0 Å². The van der Waals surface area contributed by atoms with Crippen molar-refractivity contribution in [3.05, 3.63) is 34.3 Å². The van der Waals surface area contributed by atoms with E-state index in [9.17, 15) is 9.90 Å². The van der Waals surface area contributed by atoms with E-state index in [1.807, 2.05) is 24.3 Å². The first-order valence-electron chi connectivity index (χ1n) is 5.22. The van der Waals surface area contributed by atoms with Gasteiger partial charge in [-0.05, 0) is 37.0 Å². The number of carbonyl (C=O) groups is 1. The molecule has 2 atom stereocenters. The zero-order valence-electron chi connectivity index (χ0n) is 8.69. The monoisotopic (exact) mass is 284 g/mol. The molecule has 2 N–H and O–H groups in total. The Morgan fingerprint density at radius 1 is 1.38 bits per heavy atom. The van der Waals surface area contributed by atoms with Crippen LogP contribution in [0.3, 0.4) is 0 Å². The van der Waals surface area contributed by atoms with Gasteiger partial charge in [0.1, 0.15) is 0 Å². The summed E-state index contributed by atoms with van der Waals surface area (Å²) in [6.45, 7) is 0. The molecule has 1 saturated carbocycles. The summed E-state index contributed by atoms with van der Waals surface area (Å²) < 4.78 is 0.952. The molecule has 0 spiro atoms. The van der Waals surface area contributed by atoms with E-state index >= 15 is 0 Å². The van der Waals surface area contributed by atoms with Gasteiger partial charge in [0.2, 0.25) is 0 Å². The third-order valence-electron chi connectivity index (χ3n) is 3.22. The van der Waals surface area contributed by atoms with E-state index in [1.54, 1.807) is 0 Å². The maximum absolute atomic E-state index is 10.9. The van der Waals surface area contributed by atoms with Gasteiger partial charge in [0, 0.05) is 4.47 Å². The van der Waals surface area contributed by atoms with Gasteiger partial charge in [0.05, 0.1) is 11.5 Å². The van der Waals surface area contributed by atoms with Gasteiger partial charge in [-0.25, -0.2) is 0 Å². The third-order valence-corrected chi connectivity index (χ3v) is 3.75. The molecule has 1 aliphatic rings. The minimum absolute atomic E-state index is 0.309. The zero-order valence-corrected chi connectivity index (χ0v) is 10.3. The second-order valence-corrected chi connectivity index (χ2v) is 5.23. The van der Waals surface area contributed by atoms with E-state index in [-0.39, 0.29) is 0 Å². The highest BCUT2D eigenvalue weighted by Gasteiger charge is 2.41. The lowest BCUT2D eigenvalue weighted by atomic mass is 9.91. The first-order valence-corrected chi connectivity index (χ1v) is 6.02. The number of hydrogen-bond acceptors (Lipinski definition) is 2. The third kappa shape index (κ3) is 2.13. The average Bonchev–Trinajstić information content (AvgIpc) is 2.63. The zero-order chi connectivity index (χ0) is 11.8. The van der Waals surface area contributed by atoms with Crippen molar-refractivity contribution in [1.82, 2.24) is 0 Å². The molecule has 16 heavy (non-hydrogen) atoms. The average molecular weight is 285 g/mol. The topological polar surface area (TPSA) is 57.5 Å². The minimum atomic E-state index is -0.968. The van der Waals surface area contributed by atoms with Gasteiger partial charge in [-0.15, -0.1) is 0 Å². The lowest BCUT2D eigenvalue weighted by Gasteiger charge is -2.23. The lowest BCUT2D eigenvalue weighted by molar-refractivity contribution is -0.142. The highest BCUT2D eigenvalue weighted by atomic mass is 79.9. The highest BCUT2D eigenvalue weighted by molar-refractivity contribution is 9.10. The Morgan fingerprint density at radius 3 is 2.50 bits per heavy atom. The van der Waals surface area contributed by atoms with Gasteiger partial charge in [0.15, 0.2) is 0 Å². The van der Waals surface area contributed by atoms with Crippen molar-refractivity contribution in [2.75, 3.05) is 0 Å². The smallest absolute Gasteiger partial charge is 0.306 e. The molecule has 4 heteroatoms. The van der Waals surface area contributed by atoms with Crippen LogP contribution in [-0.4, -0.2) is 16.2 Å². The lowest BCUT2D eigenvalue weighted by Crippen LogP contribution is -2.23. The summed E-state index contributed by atoms with van der Waals surface area (Å²) in [6.07, 6.45) is 1.37. The number of hydrogen-bond donors (Lipinski definition) is 2. The standard InChI is InChI=1S/C12H13BrO3/c13-10-3-1-9(2-4-10)12(16)6-5-8(7-12)11(14)15/h1-4,8,16H,5-7H2,(H,14,15). The molecule has 0 bridgehead atoms. The molecule has 0 aliphatic heterocycles. The molecule has 0 aromatic heterocycles. The van der Waals surface area contributed by atoms with Crippen molar-refractivity contribution in [3.63, 3.8) is 0 Å². The maximum atomic E-state index is 10.9. The van der Waals surface area contributed by atoms with Crippen LogP contribution < -0.4 is 0 Å². The van der Waals surface area contributed by atoms with Crippen molar-refractivity contribution >= 4 is 21.9 Å². The van der Waals surface area contributed by atoms with E-state index in [0.29, 0.717) is 19.3 Å². The predicted molar refractivity (Wildman–Crippen MR) is 63.0 cm³/mol. The van der Waals surface area contributed by atoms with Gasteiger partial charge < -0.3 is 10.2 Å². The number of aliphatic hydroxyl groups is 1. The van der Waals surface area contributed by atoms with Crippen LogP contribution >= 0.6 is 15.9 Å². The number of carboxylic acids is 1. The molecule has 86 valence electrons. The largest absolute Gasteiger partial charge is 0.481 e. The van der Waals surface area contributed by atoms with E-state index in [1.165, 1.54) is 0 Å². The Bertz CT molecular complexity index is 401. The van der Waals surface area contributed by atoms with Crippen LogP contribution in [0, 0.1) is 5.92 Å². The van der Waals surface area contributed by atoms with E-state index in [4.69, 9.17) is 5.11 Å². The summed E-state index contributed by atoms with van der Waals surface area (Å²) in [5.41, 5.74) is -0.163. The van der Waals surface area contributed by atoms with Gasteiger partial charge in [-0.1, -0.05) is 28.1 Å². The Labute approximate surface area is 102 Å². The number of halogens is 1. The fourth-order valence-electron chi connectivity index (χ4n) is 2.26. The molecule has 0 heterocycles. The van der Waals surface area contributed by atoms with Crippen LogP contribution in [0.4, 0.5) is 0 Å². The fraction of sp³-hybridized carbons (Fsp3) is 0.417. The molecule has 0 amide bonds. The van der Waals surface area contributed by atoms with E-state index < -0.39 is 17.5 Å². The Morgan fingerprint density at radius 2 is 2.00 bits per heavy atom. The summed E-state index contributed by atoms with van der Waals surface area (Å²) in [7, 11) is 0.